The van der Waals surface area contributed by atoms with Crippen molar-refractivity contribution in [3.63, 3.8) is 0 Å². The number of anilines is 2. The van der Waals surface area contributed by atoms with Crippen LogP contribution in [0.3, 0.4) is 0 Å². The van der Waals surface area contributed by atoms with Crippen LogP contribution in [0.5, 0.6) is 0 Å². The third-order valence-corrected chi connectivity index (χ3v) is 6.66. The van der Waals surface area contributed by atoms with E-state index in [4.69, 9.17) is 14.2 Å². The van der Waals surface area contributed by atoms with E-state index in [2.05, 4.69) is 16.0 Å². The number of carbonyl (C=O) groups excluding carboxylic acids is 4. The lowest BCUT2D eigenvalue weighted by Crippen LogP contribution is -2.27. The molecular weight excluding hydrogens is 526 g/mol. The van der Waals surface area contributed by atoms with Crippen molar-refractivity contribution in [2.45, 2.75) is 58.3 Å². The number of hydrogen-bond acceptors (Lipinski definition) is 7. The maximum atomic E-state index is 12.6. The maximum absolute atomic E-state index is 12.6. The molecule has 0 saturated heterocycles. The molecule has 1 unspecified atom stereocenters. The van der Waals surface area contributed by atoms with E-state index >= 15 is 0 Å². The summed E-state index contributed by atoms with van der Waals surface area (Å²) in [6, 6.07) is 11.4. The van der Waals surface area contributed by atoms with Gasteiger partial charge in [0.05, 0.1) is 6.61 Å². The molecule has 10 nitrogen and oxygen atoms in total. The monoisotopic (exact) mass is 567 g/mol. The zero-order chi connectivity index (χ0) is 29.6. The van der Waals surface area contributed by atoms with E-state index in [9.17, 15) is 19.2 Å². The average molecular weight is 568 g/mol. The largest absolute Gasteiger partial charge is 0.465 e. The summed E-state index contributed by atoms with van der Waals surface area (Å²) in [5, 5.41) is 8.64. The van der Waals surface area contributed by atoms with Crippen LogP contribution in [0.1, 0.15) is 69.4 Å². The van der Waals surface area contributed by atoms with Crippen LogP contribution in [0.25, 0.3) is 11.1 Å². The van der Waals surface area contributed by atoms with Gasteiger partial charge in [-0.25, -0.2) is 0 Å². The van der Waals surface area contributed by atoms with Crippen molar-refractivity contribution in [1.29, 1.82) is 0 Å². The number of methoxy groups -OCH3 is 1. The SMILES string of the molecule is CCCC(=O)Nc1ccc2c(c1)C(COC(C)=O)c1cc(NC(=O)CCCC(=O)NCCOCCCOC)ccc1-2. The Bertz CT molecular complexity index is 1210. The molecule has 1 aliphatic carbocycles. The van der Waals surface area contributed by atoms with Crippen LogP contribution >= 0.6 is 0 Å². The van der Waals surface area contributed by atoms with E-state index in [1.165, 1.54) is 6.92 Å². The summed E-state index contributed by atoms with van der Waals surface area (Å²) in [7, 11) is 1.64. The van der Waals surface area contributed by atoms with Gasteiger partial charge in [0.2, 0.25) is 17.7 Å². The number of carbonyl (C=O) groups is 4. The molecule has 0 spiro atoms. The molecule has 41 heavy (non-hydrogen) atoms. The fourth-order valence-electron chi connectivity index (χ4n) is 4.74. The standard InChI is InChI=1S/C31H41N3O7/c1-4-7-30(37)33-22-10-12-24-25-13-11-23(19-27(25)28(26(24)18-22)20-41-21(2)35)34-31(38)9-5-8-29(36)32-14-17-40-16-6-15-39-3/h10-13,18-19,28H,4-9,14-17,20H2,1-3H3,(H,32,36)(H,33,37)(H,34,38). The van der Waals surface area contributed by atoms with Crippen molar-refractivity contribution in [2.75, 3.05) is 50.7 Å². The first kappa shape index (κ1) is 31.8. The Balaban J connectivity index is 1.56. The molecule has 2 aromatic carbocycles. The minimum absolute atomic E-state index is 0.0512. The van der Waals surface area contributed by atoms with Gasteiger partial charge in [0, 0.05) is 70.3 Å². The van der Waals surface area contributed by atoms with Crippen LogP contribution in [0, 0.1) is 0 Å². The summed E-state index contributed by atoms with van der Waals surface area (Å²) < 4.78 is 15.8. The zero-order valence-corrected chi connectivity index (χ0v) is 24.2. The highest BCUT2D eigenvalue weighted by Gasteiger charge is 2.30. The number of hydrogen-bond donors (Lipinski definition) is 3. The topological polar surface area (TPSA) is 132 Å². The quantitative estimate of drug-likeness (QED) is 0.191. The first-order chi connectivity index (χ1) is 19.8. The van der Waals surface area contributed by atoms with Crippen LogP contribution in [0.4, 0.5) is 11.4 Å². The van der Waals surface area contributed by atoms with E-state index in [1.807, 2.05) is 43.3 Å². The average Bonchev–Trinajstić information content (AvgIpc) is 3.23. The molecule has 2 aromatic rings. The highest BCUT2D eigenvalue weighted by Crippen LogP contribution is 2.46. The molecule has 0 aliphatic heterocycles. The molecule has 3 amide bonds. The Kier molecular flexibility index (Phi) is 12.8. The second-order valence-corrected chi connectivity index (χ2v) is 9.97. The predicted molar refractivity (Wildman–Crippen MR) is 157 cm³/mol. The van der Waals surface area contributed by atoms with Crippen molar-refractivity contribution in [3.8, 4) is 11.1 Å². The Morgan fingerprint density at radius 2 is 1.39 bits per heavy atom. The third-order valence-electron chi connectivity index (χ3n) is 6.66. The highest BCUT2D eigenvalue weighted by atomic mass is 16.5. The fourth-order valence-corrected chi connectivity index (χ4v) is 4.74. The number of nitrogens with one attached hydrogen (secondary N) is 3. The second-order valence-electron chi connectivity index (χ2n) is 9.97. The van der Waals surface area contributed by atoms with Gasteiger partial charge in [0.15, 0.2) is 0 Å². The molecule has 3 rings (SSSR count). The lowest BCUT2D eigenvalue weighted by atomic mass is 9.97. The Morgan fingerprint density at radius 3 is 1.98 bits per heavy atom. The Morgan fingerprint density at radius 1 is 0.780 bits per heavy atom. The normalized spacial score (nSPS) is 13.2. The number of ether oxygens (including phenoxy) is 3. The molecule has 0 fully saturated rings. The molecule has 0 bridgehead atoms. The van der Waals surface area contributed by atoms with Crippen molar-refractivity contribution in [3.05, 3.63) is 47.5 Å². The molecule has 1 aliphatic rings. The third kappa shape index (κ3) is 9.98. The molecule has 0 heterocycles. The van der Waals surface area contributed by atoms with Crippen LogP contribution in [0.15, 0.2) is 36.4 Å². The summed E-state index contributed by atoms with van der Waals surface area (Å²) in [5.74, 6) is -0.976. The van der Waals surface area contributed by atoms with Gasteiger partial charge >= 0.3 is 5.97 Å². The molecule has 10 heteroatoms. The smallest absolute Gasteiger partial charge is 0.302 e. The molecule has 1 atom stereocenters. The van der Waals surface area contributed by atoms with Gasteiger partial charge in [-0.2, -0.15) is 0 Å². The number of benzene rings is 2. The number of rotatable bonds is 17. The minimum atomic E-state index is -0.379. The molecule has 0 saturated carbocycles. The summed E-state index contributed by atoms with van der Waals surface area (Å²) in [5.41, 5.74) is 5.18. The first-order valence-corrected chi connectivity index (χ1v) is 14.2. The predicted octanol–water partition coefficient (Wildman–Crippen LogP) is 4.38. The summed E-state index contributed by atoms with van der Waals surface area (Å²) in [4.78, 5) is 48.4. The Labute approximate surface area is 241 Å². The van der Waals surface area contributed by atoms with Gasteiger partial charge in [-0.1, -0.05) is 19.1 Å². The lowest BCUT2D eigenvalue weighted by Gasteiger charge is -2.15. The van der Waals surface area contributed by atoms with Gasteiger partial charge in [-0.3, -0.25) is 19.2 Å². The number of esters is 1. The van der Waals surface area contributed by atoms with E-state index < -0.39 is 0 Å². The van der Waals surface area contributed by atoms with Crippen LogP contribution < -0.4 is 16.0 Å². The van der Waals surface area contributed by atoms with Crippen molar-refractivity contribution < 1.29 is 33.4 Å². The van der Waals surface area contributed by atoms with Crippen molar-refractivity contribution in [2.24, 2.45) is 0 Å². The first-order valence-electron chi connectivity index (χ1n) is 14.2. The van der Waals surface area contributed by atoms with Gasteiger partial charge in [-0.15, -0.1) is 0 Å². The number of amides is 3. The second kappa shape index (κ2) is 16.5. The van der Waals surface area contributed by atoms with Crippen molar-refractivity contribution in [1.82, 2.24) is 5.32 Å². The van der Waals surface area contributed by atoms with Gasteiger partial charge < -0.3 is 30.2 Å². The van der Waals surface area contributed by atoms with Gasteiger partial charge in [0.25, 0.3) is 0 Å². The van der Waals surface area contributed by atoms with Crippen molar-refractivity contribution >= 4 is 35.1 Å². The van der Waals surface area contributed by atoms with E-state index in [-0.39, 0.29) is 49.1 Å². The van der Waals surface area contributed by atoms with E-state index in [0.29, 0.717) is 50.6 Å². The highest BCUT2D eigenvalue weighted by molar-refractivity contribution is 5.94. The summed E-state index contributed by atoms with van der Waals surface area (Å²) >= 11 is 0. The molecular formula is C31H41N3O7. The van der Waals surface area contributed by atoms with Crippen LogP contribution in [-0.4, -0.2) is 63.8 Å². The van der Waals surface area contributed by atoms with Gasteiger partial charge in [0.1, 0.15) is 6.61 Å². The Hall–Kier alpha value is -3.76. The molecule has 3 N–H and O–H groups in total. The van der Waals surface area contributed by atoms with Crippen LogP contribution in [-0.2, 0) is 33.4 Å². The molecule has 222 valence electrons. The van der Waals surface area contributed by atoms with E-state index in [0.717, 1.165) is 35.1 Å². The zero-order valence-electron chi connectivity index (χ0n) is 24.2. The maximum Gasteiger partial charge on any atom is 0.302 e. The molecule has 0 aromatic heterocycles. The summed E-state index contributed by atoms with van der Waals surface area (Å²) in [6.45, 7) is 5.55. The minimum Gasteiger partial charge on any atom is -0.465 e. The number of fused-ring (bicyclic) bond motifs is 3. The van der Waals surface area contributed by atoms with Gasteiger partial charge in [-0.05, 0) is 65.8 Å². The fraction of sp³-hybridized carbons (Fsp3) is 0.484. The molecule has 0 radical (unpaired) electrons. The van der Waals surface area contributed by atoms with Crippen LogP contribution in [0.2, 0.25) is 0 Å². The van der Waals surface area contributed by atoms with E-state index in [1.54, 1.807) is 7.11 Å². The summed E-state index contributed by atoms with van der Waals surface area (Å²) in [6.07, 6.45) is 2.87. The lowest BCUT2D eigenvalue weighted by molar-refractivity contribution is -0.141.